The second-order valence-electron chi connectivity index (χ2n) is 7.90. The van der Waals surface area contributed by atoms with E-state index in [4.69, 9.17) is 9.05 Å². The van der Waals surface area contributed by atoms with E-state index in [9.17, 15) is 4.57 Å². The number of hydrogen-bond donors (Lipinski definition) is 0. The van der Waals surface area contributed by atoms with Crippen molar-refractivity contribution in [1.82, 2.24) is 0 Å². The molecule has 0 spiro atoms. The van der Waals surface area contributed by atoms with Crippen LogP contribution in [-0.4, -0.2) is 13.2 Å². The Labute approximate surface area is 178 Å². The maximum Gasteiger partial charge on any atom is 0.319 e. The van der Waals surface area contributed by atoms with E-state index in [2.05, 4.69) is 27.7 Å². The Bertz CT molecular complexity index is 259. The molecule has 0 amide bonds. The van der Waals surface area contributed by atoms with E-state index in [0.717, 1.165) is 25.7 Å². The van der Waals surface area contributed by atoms with Crippen LogP contribution in [0.15, 0.2) is 0 Å². The second-order valence-corrected chi connectivity index (χ2v) is 8.97. The zero-order valence-corrected chi connectivity index (χ0v) is 20.9. The summed E-state index contributed by atoms with van der Waals surface area (Å²) in [5.41, 5.74) is 0. The molecule has 0 fully saturated rings. The minimum atomic E-state index is -2.18. The molecular formula is C24H53O3P. The van der Waals surface area contributed by atoms with Gasteiger partial charge in [-0.2, -0.15) is 0 Å². The molecule has 28 heavy (non-hydrogen) atoms. The average molecular weight is 421 g/mol. The van der Waals surface area contributed by atoms with Crippen molar-refractivity contribution in [3.05, 3.63) is 0 Å². The monoisotopic (exact) mass is 420 g/mol. The van der Waals surface area contributed by atoms with Gasteiger partial charge in [-0.05, 0) is 12.8 Å². The minimum absolute atomic E-state index is 0.556. The summed E-state index contributed by atoms with van der Waals surface area (Å²) < 4.78 is 20.8. The summed E-state index contributed by atoms with van der Waals surface area (Å²) in [5.74, 6) is 0. The maximum atomic E-state index is 10.9. The fourth-order valence-corrected chi connectivity index (χ4v) is 3.61. The van der Waals surface area contributed by atoms with Gasteiger partial charge < -0.3 is 9.05 Å². The van der Waals surface area contributed by atoms with Crippen molar-refractivity contribution in [2.75, 3.05) is 13.2 Å². The molecular weight excluding hydrogens is 367 g/mol. The van der Waals surface area contributed by atoms with Gasteiger partial charge in [0.15, 0.2) is 0 Å². The van der Waals surface area contributed by atoms with Crippen molar-refractivity contribution in [3.63, 3.8) is 0 Å². The second kappa shape index (κ2) is 29.4. The van der Waals surface area contributed by atoms with Crippen LogP contribution in [0.3, 0.4) is 0 Å². The topological polar surface area (TPSA) is 35.5 Å². The van der Waals surface area contributed by atoms with Gasteiger partial charge in [0.25, 0.3) is 0 Å². The average Bonchev–Trinajstić information content (AvgIpc) is 2.70. The summed E-state index contributed by atoms with van der Waals surface area (Å²) in [5, 5.41) is 0. The Balaban J connectivity index is 0. The van der Waals surface area contributed by atoms with Gasteiger partial charge in [0.2, 0.25) is 0 Å². The Morgan fingerprint density at radius 1 is 0.429 bits per heavy atom. The van der Waals surface area contributed by atoms with Crippen molar-refractivity contribution < 1.29 is 13.6 Å². The largest absolute Gasteiger partial charge is 0.319 e. The molecule has 172 valence electrons. The molecule has 4 heteroatoms. The van der Waals surface area contributed by atoms with E-state index in [0.29, 0.717) is 13.2 Å². The van der Waals surface area contributed by atoms with E-state index in [1.807, 2.05) is 0 Å². The molecule has 0 N–H and O–H groups in total. The third-order valence-corrected chi connectivity index (χ3v) is 5.77. The molecule has 3 nitrogen and oxygen atoms in total. The first-order valence-electron chi connectivity index (χ1n) is 12.5. The highest BCUT2D eigenvalue weighted by atomic mass is 31.1. The lowest BCUT2D eigenvalue weighted by molar-refractivity contribution is 0.221. The predicted molar refractivity (Wildman–Crippen MR) is 127 cm³/mol. The number of hydrogen-bond acceptors (Lipinski definition) is 3. The lowest BCUT2D eigenvalue weighted by Gasteiger charge is -2.03. The van der Waals surface area contributed by atoms with Gasteiger partial charge in [-0.1, -0.05) is 130 Å². The van der Waals surface area contributed by atoms with E-state index in [1.165, 1.54) is 89.9 Å². The van der Waals surface area contributed by atoms with Gasteiger partial charge in [-0.25, -0.2) is 0 Å². The summed E-state index contributed by atoms with van der Waals surface area (Å²) in [6, 6.07) is 0. The van der Waals surface area contributed by atoms with Crippen LogP contribution in [0.5, 0.6) is 0 Å². The summed E-state index contributed by atoms with van der Waals surface area (Å²) in [4.78, 5) is 0. The van der Waals surface area contributed by atoms with E-state index >= 15 is 0 Å². The van der Waals surface area contributed by atoms with Crippen LogP contribution in [0.1, 0.15) is 143 Å². The predicted octanol–water partition coefficient (Wildman–Crippen LogP) is 9.50. The van der Waals surface area contributed by atoms with Crippen LogP contribution < -0.4 is 0 Å². The first-order chi connectivity index (χ1) is 13.7. The van der Waals surface area contributed by atoms with Crippen molar-refractivity contribution >= 4 is 8.25 Å². The molecule has 0 saturated heterocycles. The van der Waals surface area contributed by atoms with Crippen LogP contribution >= 0.6 is 8.25 Å². The van der Waals surface area contributed by atoms with Gasteiger partial charge in [-0.15, -0.1) is 0 Å². The Hall–Kier alpha value is 0.150. The Morgan fingerprint density at radius 3 is 0.929 bits per heavy atom. The zero-order valence-electron chi connectivity index (χ0n) is 19.9. The summed E-state index contributed by atoms with van der Waals surface area (Å²) >= 11 is 0. The fourth-order valence-electron chi connectivity index (χ4n) is 2.91. The molecule has 0 bridgehead atoms. The van der Waals surface area contributed by atoms with Crippen molar-refractivity contribution in [1.29, 1.82) is 0 Å². The zero-order chi connectivity index (χ0) is 21.1. The lowest BCUT2D eigenvalue weighted by Crippen LogP contribution is -1.90. The molecule has 0 radical (unpaired) electrons. The smallest absolute Gasteiger partial charge is 0.311 e. The first-order valence-corrected chi connectivity index (χ1v) is 13.7. The third-order valence-electron chi connectivity index (χ3n) is 4.89. The van der Waals surface area contributed by atoms with Crippen molar-refractivity contribution in [2.24, 2.45) is 0 Å². The summed E-state index contributed by atoms with van der Waals surface area (Å²) in [6.07, 6.45) is 24.4. The molecule has 0 aromatic carbocycles. The van der Waals surface area contributed by atoms with Crippen molar-refractivity contribution in [2.45, 2.75) is 143 Å². The van der Waals surface area contributed by atoms with E-state index < -0.39 is 8.25 Å². The van der Waals surface area contributed by atoms with Gasteiger partial charge >= 0.3 is 8.25 Å². The highest BCUT2D eigenvalue weighted by Crippen LogP contribution is 2.24. The summed E-state index contributed by atoms with van der Waals surface area (Å²) in [7, 11) is -2.18. The molecule has 0 aromatic rings. The fraction of sp³-hybridized carbons (Fsp3) is 1.00. The van der Waals surface area contributed by atoms with E-state index in [1.54, 1.807) is 0 Å². The van der Waals surface area contributed by atoms with Crippen molar-refractivity contribution in [3.8, 4) is 0 Å². The van der Waals surface area contributed by atoms with Gasteiger partial charge in [0.05, 0.1) is 13.2 Å². The van der Waals surface area contributed by atoms with Crippen LogP contribution in [0.4, 0.5) is 0 Å². The molecule has 0 rings (SSSR count). The Kier molecular flexibility index (Phi) is 31.8. The molecule has 0 aliphatic rings. The minimum Gasteiger partial charge on any atom is -0.311 e. The molecule has 0 aromatic heterocycles. The molecule has 0 aliphatic carbocycles. The van der Waals surface area contributed by atoms with Crippen LogP contribution in [0.25, 0.3) is 0 Å². The first kappa shape index (κ1) is 30.3. The standard InChI is InChI=1S/C16H34.C8H19O3P/c1-3-5-7-9-11-13-15-16-14-12-10-8-6-4-2;1-3-5-7-10-12(9)11-8-6-4-2/h3-16H2,1-2H3;12H,3-8H2,1-2H3. The lowest BCUT2D eigenvalue weighted by atomic mass is 10.0. The van der Waals surface area contributed by atoms with Gasteiger partial charge in [0.1, 0.15) is 0 Å². The maximum absolute atomic E-state index is 10.9. The quantitative estimate of drug-likeness (QED) is 0.137. The van der Waals surface area contributed by atoms with Crippen LogP contribution in [0, 0.1) is 0 Å². The molecule has 0 saturated carbocycles. The van der Waals surface area contributed by atoms with Crippen LogP contribution in [-0.2, 0) is 13.6 Å². The molecule has 0 atom stereocenters. The van der Waals surface area contributed by atoms with Gasteiger partial charge in [0, 0.05) is 0 Å². The summed E-state index contributed by atoms with van der Waals surface area (Å²) in [6.45, 7) is 9.83. The van der Waals surface area contributed by atoms with Crippen LogP contribution in [0.2, 0.25) is 0 Å². The van der Waals surface area contributed by atoms with E-state index in [-0.39, 0.29) is 0 Å². The van der Waals surface area contributed by atoms with Gasteiger partial charge in [-0.3, -0.25) is 4.57 Å². The number of unbranched alkanes of at least 4 members (excludes halogenated alkanes) is 15. The SMILES string of the molecule is CCCCCCCCCCCCCCCC.CCCCO[PH](=O)OCCCC. The highest BCUT2D eigenvalue weighted by molar-refractivity contribution is 7.33. The third kappa shape index (κ3) is 30.9. The molecule has 0 aliphatic heterocycles. The Morgan fingerprint density at radius 2 is 0.679 bits per heavy atom. The molecule has 0 unspecified atom stereocenters. The normalized spacial score (nSPS) is 10.9. The number of rotatable bonds is 21. The molecule has 0 heterocycles. The highest BCUT2D eigenvalue weighted by Gasteiger charge is 1.97.